The molecule has 0 radical (unpaired) electrons. The number of aromatic nitrogens is 2. The van der Waals surface area contributed by atoms with Crippen molar-refractivity contribution in [2.45, 2.75) is 26.2 Å². The Morgan fingerprint density at radius 2 is 1.73 bits per heavy atom. The first-order chi connectivity index (χ1) is 6.93. The monoisotopic (exact) mass is 234 g/mol. The summed E-state index contributed by atoms with van der Waals surface area (Å²) >= 11 is 0. The van der Waals surface area contributed by atoms with Gasteiger partial charge in [0.05, 0.1) is 0 Å². The lowest BCUT2D eigenvalue weighted by Crippen LogP contribution is -1.91. The van der Waals surface area contributed by atoms with E-state index in [9.17, 15) is 0 Å². The van der Waals surface area contributed by atoms with Crippen LogP contribution in [0.4, 0.5) is 0 Å². The van der Waals surface area contributed by atoms with Gasteiger partial charge in [-0.3, -0.25) is 0 Å². The number of unbranched alkanes of at least 4 members (excludes halogenated alkanes) is 1. The van der Waals surface area contributed by atoms with E-state index in [2.05, 4.69) is 16.9 Å². The lowest BCUT2D eigenvalue weighted by atomic mass is 10.2. The molecule has 0 aromatic carbocycles. The molecule has 0 aliphatic heterocycles. The van der Waals surface area contributed by atoms with E-state index in [1.54, 1.807) is 12.4 Å². The van der Waals surface area contributed by atoms with Crippen molar-refractivity contribution in [3.05, 3.63) is 24.3 Å². The van der Waals surface area contributed by atoms with Crippen molar-refractivity contribution in [3.63, 3.8) is 0 Å². The zero-order valence-electron chi connectivity index (χ0n) is 8.44. The predicted molar refractivity (Wildman–Crippen MR) is 54.9 cm³/mol. The fourth-order valence-corrected chi connectivity index (χ4v) is 0.794. The SMILES string of the molecule is CCCCc1ncccn1.O=P(O)(O)O. The minimum absolute atomic E-state index is 0.962. The second-order valence-electron chi connectivity index (χ2n) is 2.78. The molecule has 1 aromatic heterocycles. The summed E-state index contributed by atoms with van der Waals surface area (Å²) in [6, 6.07) is 1.84. The van der Waals surface area contributed by atoms with Crippen LogP contribution >= 0.6 is 7.82 Å². The molecule has 0 saturated heterocycles. The maximum atomic E-state index is 8.88. The van der Waals surface area contributed by atoms with E-state index in [-0.39, 0.29) is 0 Å². The normalized spacial score (nSPS) is 10.4. The summed E-state index contributed by atoms with van der Waals surface area (Å²) in [6.07, 6.45) is 6.98. The van der Waals surface area contributed by atoms with Crippen molar-refractivity contribution in [1.29, 1.82) is 0 Å². The Kier molecular flexibility index (Phi) is 7.07. The Balaban J connectivity index is 0.000000336. The van der Waals surface area contributed by atoms with Gasteiger partial charge >= 0.3 is 7.82 Å². The molecule has 1 rings (SSSR count). The Bertz CT molecular complexity index is 293. The zero-order chi connectivity index (χ0) is 11.7. The lowest BCUT2D eigenvalue weighted by Gasteiger charge is -1.94. The molecule has 0 bridgehead atoms. The second-order valence-corrected chi connectivity index (χ2v) is 3.81. The number of hydrogen-bond acceptors (Lipinski definition) is 3. The third-order valence-corrected chi connectivity index (χ3v) is 1.37. The van der Waals surface area contributed by atoms with Gasteiger partial charge in [-0.1, -0.05) is 13.3 Å². The minimum Gasteiger partial charge on any atom is -0.303 e. The van der Waals surface area contributed by atoms with Crippen LogP contribution in [0, 0.1) is 0 Å². The van der Waals surface area contributed by atoms with E-state index in [1.165, 1.54) is 12.8 Å². The topological polar surface area (TPSA) is 104 Å². The molecule has 1 aromatic rings. The molecular weight excluding hydrogens is 219 g/mol. The first-order valence-electron chi connectivity index (χ1n) is 4.47. The quantitative estimate of drug-likeness (QED) is 0.671. The van der Waals surface area contributed by atoms with Crippen LogP contribution in [0.1, 0.15) is 25.6 Å². The number of aryl methyl sites for hydroxylation is 1. The van der Waals surface area contributed by atoms with Crippen molar-refractivity contribution in [3.8, 4) is 0 Å². The highest BCUT2D eigenvalue weighted by Crippen LogP contribution is 2.25. The fraction of sp³-hybridized carbons (Fsp3) is 0.500. The molecule has 1 heterocycles. The highest BCUT2D eigenvalue weighted by atomic mass is 31.2. The predicted octanol–water partition coefficient (Wildman–Crippen LogP) is 0.891. The summed E-state index contributed by atoms with van der Waals surface area (Å²) in [7, 11) is -4.64. The van der Waals surface area contributed by atoms with Crippen LogP contribution < -0.4 is 0 Å². The van der Waals surface area contributed by atoms with Crippen LogP contribution in [0.2, 0.25) is 0 Å². The van der Waals surface area contributed by atoms with Gasteiger partial charge < -0.3 is 14.7 Å². The Labute approximate surface area is 88.3 Å². The third-order valence-electron chi connectivity index (χ3n) is 1.37. The molecule has 0 aliphatic rings. The average Bonchev–Trinajstić information content (AvgIpc) is 2.14. The van der Waals surface area contributed by atoms with E-state index < -0.39 is 7.82 Å². The summed E-state index contributed by atoms with van der Waals surface area (Å²) < 4.78 is 8.88. The number of phosphoric acid groups is 1. The summed E-state index contributed by atoms with van der Waals surface area (Å²) in [5.74, 6) is 0.962. The molecule has 6 nitrogen and oxygen atoms in total. The van der Waals surface area contributed by atoms with E-state index in [0.717, 1.165) is 12.2 Å². The third kappa shape index (κ3) is 13.2. The maximum Gasteiger partial charge on any atom is 0.466 e. The van der Waals surface area contributed by atoms with Crippen LogP contribution in [0.3, 0.4) is 0 Å². The van der Waals surface area contributed by atoms with Gasteiger partial charge in [-0.15, -0.1) is 0 Å². The molecule has 0 aliphatic carbocycles. The highest BCUT2D eigenvalue weighted by Gasteiger charge is 2.00. The van der Waals surface area contributed by atoms with Crippen molar-refractivity contribution in [1.82, 2.24) is 9.97 Å². The molecule has 15 heavy (non-hydrogen) atoms. The number of rotatable bonds is 3. The first kappa shape index (κ1) is 14.2. The Morgan fingerprint density at radius 1 is 1.27 bits per heavy atom. The van der Waals surface area contributed by atoms with Crippen LogP contribution in [0.25, 0.3) is 0 Å². The van der Waals surface area contributed by atoms with E-state index in [1.807, 2.05) is 6.07 Å². The molecule has 0 saturated carbocycles. The van der Waals surface area contributed by atoms with Gasteiger partial charge in [0.25, 0.3) is 0 Å². The Morgan fingerprint density at radius 3 is 2.13 bits per heavy atom. The first-order valence-corrected chi connectivity index (χ1v) is 6.04. The van der Waals surface area contributed by atoms with Crippen LogP contribution in [-0.2, 0) is 11.0 Å². The summed E-state index contributed by atoms with van der Waals surface area (Å²) in [5.41, 5.74) is 0. The zero-order valence-corrected chi connectivity index (χ0v) is 9.34. The molecule has 0 amide bonds. The van der Waals surface area contributed by atoms with Crippen molar-refractivity contribution < 1.29 is 19.2 Å². The minimum atomic E-state index is -4.64. The highest BCUT2D eigenvalue weighted by molar-refractivity contribution is 7.45. The fourth-order valence-electron chi connectivity index (χ4n) is 0.794. The van der Waals surface area contributed by atoms with Crippen molar-refractivity contribution in [2.75, 3.05) is 0 Å². The van der Waals surface area contributed by atoms with Crippen molar-refractivity contribution in [2.24, 2.45) is 0 Å². The molecule has 0 unspecified atom stereocenters. The van der Waals surface area contributed by atoms with Gasteiger partial charge in [0.1, 0.15) is 5.82 Å². The van der Waals surface area contributed by atoms with Crippen LogP contribution in [0.15, 0.2) is 18.5 Å². The Hall–Kier alpha value is -0.810. The van der Waals surface area contributed by atoms with Gasteiger partial charge in [-0.2, -0.15) is 0 Å². The standard InChI is InChI=1S/C8H12N2.H3O4P/c1-2-3-5-8-9-6-4-7-10-8;1-5(2,3)4/h4,6-7H,2-3,5H2,1H3;(H3,1,2,3,4). The van der Waals surface area contributed by atoms with E-state index >= 15 is 0 Å². The second kappa shape index (κ2) is 7.48. The molecule has 0 spiro atoms. The molecule has 86 valence electrons. The molecule has 0 fully saturated rings. The maximum absolute atomic E-state index is 8.88. The smallest absolute Gasteiger partial charge is 0.303 e. The van der Waals surface area contributed by atoms with Gasteiger partial charge in [0, 0.05) is 18.8 Å². The lowest BCUT2D eigenvalue weighted by molar-refractivity contribution is 0.275. The average molecular weight is 234 g/mol. The summed E-state index contributed by atoms with van der Waals surface area (Å²) in [6.45, 7) is 2.17. The number of hydrogen-bond donors (Lipinski definition) is 3. The van der Waals surface area contributed by atoms with Crippen LogP contribution in [-0.4, -0.2) is 24.6 Å². The van der Waals surface area contributed by atoms with Gasteiger partial charge in [-0.05, 0) is 12.5 Å². The van der Waals surface area contributed by atoms with E-state index in [0.29, 0.717) is 0 Å². The van der Waals surface area contributed by atoms with Crippen LogP contribution in [0.5, 0.6) is 0 Å². The van der Waals surface area contributed by atoms with E-state index in [4.69, 9.17) is 19.2 Å². The largest absolute Gasteiger partial charge is 0.466 e. The molecule has 0 atom stereocenters. The number of nitrogens with zero attached hydrogens (tertiary/aromatic N) is 2. The van der Waals surface area contributed by atoms with Gasteiger partial charge in [0.2, 0.25) is 0 Å². The van der Waals surface area contributed by atoms with Gasteiger partial charge in [-0.25, -0.2) is 14.5 Å². The molecule has 7 heteroatoms. The summed E-state index contributed by atoms with van der Waals surface area (Å²) in [5, 5.41) is 0. The van der Waals surface area contributed by atoms with Gasteiger partial charge in [0.15, 0.2) is 0 Å². The molecular formula is C8H15N2O4P. The molecule has 3 N–H and O–H groups in total. The summed E-state index contributed by atoms with van der Waals surface area (Å²) in [4.78, 5) is 29.8. The van der Waals surface area contributed by atoms with Crippen molar-refractivity contribution >= 4 is 7.82 Å².